The summed E-state index contributed by atoms with van der Waals surface area (Å²) in [6.45, 7) is 10.6. The molecule has 0 unspecified atom stereocenters. The van der Waals surface area contributed by atoms with Crippen molar-refractivity contribution >= 4 is 39.0 Å². The molecule has 7 nitrogen and oxygen atoms in total. The Kier molecular flexibility index (Phi) is 10.2. The molecule has 0 aliphatic heterocycles. The molecule has 1 atom stereocenters. The van der Waals surface area contributed by atoms with Crippen molar-refractivity contribution in [2.24, 2.45) is 11.3 Å². The Balaban J connectivity index is 1.97. The Morgan fingerprint density at radius 2 is 1.72 bits per heavy atom. The van der Waals surface area contributed by atoms with Crippen LogP contribution in [0.4, 0.5) is 10.1 Å². The van der Waals surface area contributed by atoms with E-state index < -0.39 is 21.3 Å². The van der Waals surface area contributed by atoms with Gasteiger partial charge in [0, 0.05) is 19.0 Å². The highest BCUT2D eigenvalue weighted by molar-refractivity contribution is 7.92. The van der Waals surface area contributed by atoms with Crippen molar-refractivity contribution in [2.75, 3.05) is 24.1 Å². The zero-order valence-corrected chi connectivity index (χ0v) is 23.3. The van der Waals surface area contributed by atoms with Crippen LogP contribution in [0.3, 0.4) is 0 Å². The van der Waals surface area contributed by atoms with Crippen molar-refractivity contribution in [3.63, 3.8) is 0 Å². The number of benzene rings is 2. The number of carbonyl (C=O) groups excluding carboxylic acids is 1. The molecule has 36 heavy (non-hydrogen) atoms. The Morgan fingerprint density at radius 1 is 1.06 bits per heavy atom. The highest BCUT2D eigenvalue weighted by atomic mass is 32.2. The summed E-state index contributed by atoms with van der Waals surface area (Å²) >= 11 is 5.38. The number of esters is 1. The molecular formula is C26H36FN3O4S2. The monoisotopic (exact) mass is 537 g/mol. The van der Waals surface area contributed by atoms with Crippen molar-refractivity contribution < 1.29 is 22.3 Å². The first-order valence-electron chi connectivity index (χ1n) is 11.7. The minimum absolute atomic E-state index is 0.0167. The van der Waals surface area contributed by atoms with Gasteiger partial charge in [-0.2, -0.15) is 0 Å². The number of hydrogen-bond donors (Lipinski definition) is 3. The smallest absolute Gasteiger partial charge is 0.311 e. The van der Waals surface area contributed by atoms with Gasteiger partial charge in [0.25, 0.3) is 0 Å². The number of nitrogens with one attached hydrogen (secondary N) is 3. The van der Waals surface area contributed by atoms with E-state index >= 15 is 0 Å². The first-order chi connectivity index (χ1) is 16.6. The Labute approximate surface area is 219 Å². The summed E-state index contributed by atoms with van der Waals surface area (Å²) in [6.07, 6.45) is 1.66. The minimum Gasteiger partial charge on any atom is -0.465 e. The van der Waals surface area contributed by atoms with Gasteiger partial charge in [-0.3, -0.25) is 9.52 Å². The third-order valence-electron chi connectivity index (χ3n) is 5.49. The number of ether oxygens (including phenoxy) is 1. The second-order valence-electron chi connectivity index (χ2n) is 10.1. The molecule has 0 aliphatic carbocycles. The number of carbonyl (C=O) groups is 1. The summed E-state index contributed by atoms with van der Waals surface area (Å²) in [7, 11) is -3.57. The van der Waals surface area contributed by atoms with E-state index in [0.29, 0.717) is 23.6 Å². The molecule has 0 spiro atoms. The molecule has 0 radical (unpaired) electrons. The molecule has 0 aromatic heterocycles. The molecule has 2 aromatic rings. The van der Waals surface area contributed by atoms with E-state index in [0.717, 1.165) is 11.8 Å². The summed E-state index contributed by atoms with van der Waals surface area (Å²) in [6, 6.07) is 10.5. The molecule has 10 heteroatoms. The van der Waals surface area contributed by atoms with Crippen molar-refractivity contribution in [1.82, 2.24) is 10.6 Å². The topological polar surface area (TPSA) is 96.5 Å². The molecule has 0 fully saturated rings. The van der Waals surface area contributed by atoms with Crippen molar-refractivity contribution in [3.05, 3.63) is 64.5 Å². The lowest BCUT2D eigenvalue weighted by molar-refractivity contribution is -0.154. The van der Waals surface area contributed by atoms with E-state index in [4.69, 9.17) is 17.0 Å². The number of halogens is 1. The van der Waals surface area contributed by atoms with E-state index in [-0.39, 0.29) is 30.7 Å². The number of anilines is 1. The largest absolute Gasteiger partial charge is 0.465 e. The predicted molar refractivity (Wildman–Crippen MR) is 146 cm³/mol. The molecule has 0 saturated heterocycles. The maximum atomic E-state index is 14.2. The SMILES string of the molecule is Cc1ccc(C[C@H](CNC(=S)NCc2ccc(NS(C)(=O)=O)c(F)c2)COC(=O)C(C)(C)C)cc1C. The van der Waals surface area contributed by atoms with Crippen LogP contribution in [0.15, 0.2) is 36.4 Å². The number of sulfonamides is 1. The predicted octanol–water partition coefficient (Wildman–Crippen LogP) is 4.23. The third-order valence-corrected chi connectivity index (χ3v) is 6.37. The lowest BCUT2D eigenvalue weighted by Gasteiger charge is -2.22. The number of hydrogen-bond acceptors (Lipinski definition) is 5. The van der Waals surface area contributed by atoms with Crippen molar-refractivity contribution in [1.29, 1.82) is 0 Å². The number of thiocarbonyl (C=S) groups is 1. The van der Waals surface area contributed by atoms with Gasteiger partial charge in [-0.1, -0.05) is 24.3 Å². The number of rotatable bonds is 10. The van der Waals surface area contributed by atoms with Crippen molar-refractivity contribution in [2.45, 2.75) is 47.6 Å². The molecule has 0 bridgehead atoms. The Hall–Kier alpha value is -2.72. The molecular weight excluding hydrogens is 501 g/mol. The van der Waals surface area contributed by atoms with Crippen LogP contribution in [0.2, 0.25) is 0 Å². The van der Waals surface area contributed by atoms with Gasteiger partial charge in [0.1, 0.15) is 5.82 Å². The second kappa shape index (κ2) is 12.5. The fourth-order valence-corrected chi connectivity index (χ4v) is 4.02. The van der Waals surface area contributed by atoms with Gasteiger partial charge in [0.15, 0.2) is 5.11 Å². The molecule has 2 aromatic carbocycles. The molecule has 3 N–H and O–H groups in total. The average molecular weight is 538 g/mol. The van der Waals surface area contributed by atoms with Crippen LogP contribution in [0.1, 0.15) is 43.0 Å². The molecule has 0 aliphatic rings. The van der Waals surface area contributed by atoms with Crippen LogP contribution in [0.25, 0.3) is 0 Å². The van der Waals surface area contributed by atoms with E-state index in [9.17, 15) is 17.6 Å². The van der Waals surface area contributed by atoms with E-state index in [1.54, 1.807) is 6.07 Å². The van der Waals surface area contributed by atoms with Crippen LogP contribution in [-0.2, 0) is 32.5 Å². The molecule has 198 valence electrons. The summed E-state index contributed by atoms with van der Waals surface area (Å²) in [4.78, 5) is 12.3. The van der Waals surface area contributed by atoms with Gasteiger partial charge in [0.2, 0.25) is 10.0 Å². The summed E-state index contributed by atoms with van der Waals surface area (Å²) in [5.74, 6) is -0.950. The first-order valence-corrected chi connectivity index (χ1v) is 14.0. The second-order valence-corrected chi connectivity index (χ2v) is 12.2. The van der Waals surface area contributed by atoms with Crippen molar-refractivity contribution in [3.8, 4) is 0 Å². The maximum absolute atomic E-state index is 14.2. The highest BCUT2D eigenvalue weighted by Crippen LogP contribution is 2.19. The number of aryl methyl sites for hydroxylation is 2. The maximum Gasteiger partial charge on any atom is 0.311 e. The fraction of sp³-hybridized carbons (Fsp3) is 0.462. The molecule has 0 amide bonds. The summed E-state index contributed by atoms with van der Waals surface area (Å²) in [5.41, 5.74) is 3.47. The summed E-state index contributed by atoms with van der Waals surface area (Å²) < 4.78 is 44.6. The zero-order valence-electron chi connectivity index (χ0n) is 21.7. The minimum atomic E-state index is -3.57. The van der Waals surface area contributed by atoms with Gasteiger partial charge in [0.05, 0.1) is 24.0 Å². The van der Waals surface area contributed by atoms with Crippen LogP contribution in [0, 0.1) is 31.0 Å². The van der Waals surface area contributed by atoms with E-state index in [1.165, 1.54) is 23.3 Å². The molecule has 0 heterocycles. The highest BCUT2D eigenvalue weighted by Gasteiger charge is 2.24. The van der Waals surface area contributed by atoms with Gasteiger partial charge < -0.3 is 15.4 Å². The summed E-state index contributed by atoms with van der Waals surface area (Å²) in [5, 5.41) is 6.56. The van der Waals surface area contributed by atoms with Crippen LogP contribution in [0.5, 0.6) is 0 Å². The van der Waals surface area contributed by atoms with Crippen LogP contribution >= 0.6 is 12.2 Å². The molecule has 0 saturated carbocycles. The fourth-order valence-electron chi connectivity index (χ4n) is 3.30. The lowest BCUT2D eigenvalue weighted by atomic mass is 9.96. The standard InChI is InChI=1S/C26H36FN3O4S2/c1-17-7-8-19(11-18(17)2)12-21(16-34-24(31)26(3,4)5)15-29-25(35)28-14-20-9-10-23(22(27)13-20)30-36(6,32)33/h7-11,13,21,30H,12,14-16H2,1-6H3,(H2,28,29,35)/t21-/m1/s1. The van der Waals surface area contributed by atoms with E-state index in [2.05, 4.69) is 47.4 Å². The Bertz CT molecular complexity index is 1190. The normalized spacial score (nSPS) is 12.5. The third kappa shape index (κ3) is 10.1. The lowest BCUT2D eigenvalue weighted by Crippen LogP contribution is -2.39. The van der Waals surface area contributed by atoms with E-state index in [1.807, 2.05) is 20.8 Å². The zero-order chi connectivity index (χ0) is 27.1. The van der Waals surface area contributed by atoms with Gasteiger partial charge >= 0.3 is 5.97 Å². The van der Waals surface area contributed by atoms with Gasteiger partial charge in [-0.15, -0.1) is 0 Å². The quantitative estimate of drug-likeness (QED) is 0.308. The average Bonchev–Trinajstić information content (AvgIpc) is 2.76. The molecule has 2 rings (SSSR count). The van der Waals surface area contributed by atoms with Gasteiger partial charge in [-0.25, -0.2) is 12.8 Å². The van der Waals surface area contributed by atoms with Gasteiger partial charge in [-0.05, 0) is 87.6 Å². The first kappa shape index (κ1) is 29.5. The van der Waals surface area contributed by atoms with Crippen LogP contribution in [-0.4, -0.2) is 38.9 Å². The van der Waals surface area contributed by atoms with Crippen LogP contribution < -0.4 is 15.4 Å². The Morgan fingerprint density at radius 3 is 2.31 bits per heavy atom.